The number of urea groups is 1. The van der Waals surface area contributed by atoms with E-state index in [2.05, 4.69) is 10.6 Å². The number of amides is 2. The van der Waals surface area contributed by atoms with Gasteiger partial charge in [-0.1, -0.05) is 30.0 Å². The van der Waals surface area contributed by atoms with Gasteiger partial charge >= 0.3 is 41.6 Å². The molecule has 2 aromatic carbocycles. The number of pyridine rings is 1. The SMILES string of the molecule is COc1cccc(-c2cc(C(CC(=O)O)NC(=O)Nc3c([O-])cc(C)n(C)c3=O)ccc2C)c1.[Na+]. The Balaban J connectivity index is 0.00000432. The Morgan fingerprint density at radius 1 is 1.14 bits per heavy atom. The van der Waals surface area contributed by atoms with Crippen molar-refractivity contribution in [2.45, 2.75) is 26.3 Å². The number of hydrogen-bond donors (Lipinski definition) is 3. The Morgan fingerprint density at radius 3 is 2.51 bits per heavy atom. The fourth-order valence-corrected chi connectivity index (χ4v) is 3.60. The molecule has 0 saturated carbocycles. The predicted octanol–water partition coefficient (Wildman–Crippen LogP) is 0.0928. The van der Waals surface area contributed by atoms with Crippen molar-refractivity contribution in [3.8, 4) is 22.6 Å². The third-order valence-corrected chi connectivity index (χ3v) is 5.60. The third-order valence-electron chi connectivity index (χ3n) is 5.60. The van der Waals surface area contributed by atoms with Gasteiger partial charge in [0.15, 0.2) is 0 Å². The van der Waals surface area contributed by atoms with Gasteiger partial charge in [0.05, 0.1) is 19.6 Å². The van der Waals surface area contributed by atoms with Gasteiger partial charge in [0.1, 0.15) is 11.4 Å². The van der Waals surface area contributed by atoms with Gasteiger partial charge in [-0.2, -0.15) is 0 Å². The Kier molecular flexibility index (Phi) is 9.53. The van der Waals surface area contributed by atoms with E-state index in [1.54, 1.807) is 20.1 Å². The summed E-state index contributed by atoms with van der Waals surface area (Å²) in [7, 11) is 3.06. The maximum atomic E-state index is 12.7. The Morgan fingerprint density at radius 2 is 1.86 bits per heavy atom. The van der Waals surface area contributed by atoms with Crippen LogP contribution in [0.1, 0.15) is 29.3 Å². The molecule has 0 radical (unpaired) electrons. The fourth-order valence-electron chi connectivity index (χ4n) is 3.60. The number of rotatable bonds is 7. The monoisotopic (exact) mass is 487 g/mol. The molecule has 0 bridgehead atoms. The first-order valence-electron chi connectivity index (χ1n) is 10.5. The second-order valence-corrected chi connectivity index (χ2v) is 7.94. The first-order valence-corrected chi connectivity index (χ1v) is 10.5. The van der Waals surface area contributed by atoms with Gasteiger partial charge in [-0.05, 0) is 60.4 Å². The maximum Gasteiger partial charge on any atom is 1.00 e. The number of carboxylic acid groups (broad SMARTS) is 1. The first kappa shape index (κ1) is 28.0. The van der Waals surface area contributed by atoms with E-state index in [0.717, 1.165) is 16.7 Å². The molecule has 1 heterocycles. The number of benzene rings is 2. The summed E-state index contributed by atoms with van der Waals surface area (Å²) in [5.74, 6) is -1.07. The Bertz CT molecular complexity index is 1300. The van der Waals surface area contributed by atoms with Crippen LogP contribution in [0.5, 0.6) is 11.5 Å². The van der Waals surface area contributed by atoms with Crippen molar-refractivity contribution in [2.75, 3.05) is 12.4 Å². The molecule has 0 saturated heterocycles. The Hall–Kier alpha value is -3.27. The number of anilines is 1. The number of carboxylic acids is 1. The van der Waals surface area contributed by atoms with Gasteiger partial charge in [-0.15, -0.1) is 0 Å². The molecule has 3 rings (SSSR count). The van der Waals surface area contributed by atoms with Crippen molar-refractivity contribution in [1.29, 1.82) is 0 Å². The van der Waals surface area contributed by atoms with Gasteiger partial charge in [0, 0.05) is 12.7 Å². The van der Waals surface area contributed by atoms with Crippen LogP contribution >= 0.6 is 0 Å². The molecule has 0 spiro atoms. The van der Waals surface area contributed by atoms with Gasteiger partial charge < -0.3 is 30.2 Å². The van der Waals surface area contributed by atoms with Crippen molar-refractivity contribution in [1.82, 2.24) is 9.88 Å². The Labute approximate surface area is 225 Å². The first-order chi connectivity index (χ1) is 16.1. The molecule has 3 N–H and O–H groups in total. The number of hydrogen-bond acceptors (Lipinski definition) is 5. The maximum absolute atomic E-state index is 12.7. The standard InChI is InChI=1S/C25H27N3O6.Na/c1-14-8-9-17(12-19(14)16-6-5-7-18(11-16)34-4)20(13-22(30)31)26-25(33)27-23-21(29)10-15(2)28(3)24(23)32;/h5-12,20,29H,13H2,1-4H3,(H,30,31)(H2,26,27,33);/q;+1/p-1. The molecule has 1 atom stereocenters. The van der Waals surface area contributed by atoms with E-state index >= 15 is 0 Å². The van der Waals surface area contributed by atoms with Crippen molar-refractivity contribution in [3.05, 3.63) is 75.7 Å². The number of aryl methyl sites for hydroxylation is 2. The second kappa shape index (κ2) is 11.9. The number of carbonyl (C=O) groups is 2. The average molecular weight is 487 g/mol. The molecule has 0 aliphatic carbocycles. The van der Waals surface area contributed by atoms with Crippen LogP contribution < -0.4 is 55.6 Å². The summed E-state index contributed by atoms with van der Waals surface area (Å²) in [5, 5.41) is 26.5. The van der Waals surface area contributed by atoms with E-state index in [4.69, 9.17) is 4.74 Å². The zero-order chi connectivity index (χ0) is 25.0. The number of ether oxygens (including phenoxy) is 1. The molecule has 1 unspecified atom stereocenters. The molecule has 0 aliphatic heterocycles. The van der Waals surface area contributed by atoms with E-state index < -0.39 is 41.5 Å². The number of nitrogens with zero attached hydrogens (tertiary/aromatic N) is 1. The van der Waals surface area contributed by atoms with E-state index in [9.17, 15) is 24.6 Å². The molecular weight excluding hydrogens is 461 g/mol. The zero-order valence-electron chi connectivity index (χ0n) is 20.3. The molecule has 3 aromatic rings. The predicted molar refractivity (Wildman–Crippen MR) is 126 cm³/mol. The number of carbonyl (C=O) groups excluding carboxylic acids is 1. The van der Waals surface area contributed by atoms with Crippen LogP contribution in [0, 0.1) is 13.8 Å². The summed E-state index contributed by atoms with van der Waals surface area (Å²) in [6, 6.07) is 12.3. The fraction of sp³-hybridized carbons (Fsp3) is 0.240. The van der Waals surface area contributed by atoms with Crippen LogP contribution in [-0.2, 0) is 11.8 Å². The van der Waals surface area contributed by atoms with Crippen molar-refractivity contribution in [2.24, 2.45) is 7.05 Å². The molecule has 1 aromatic heterocycles. The van der Waals surface area contributed by atoms with E-state index in [1.807, 2.05) is 43.3 Å². The molecule has 35 heavy (non-hydrogen) atoms. The van der Waals surface area contributed by atoms with Crippen LogP contribution in [-0.4, -0.2) is 28.8 Å². The van der Waals surface area contributed by atoms with Crippen molar-refractivity contribution >= 4 is 17.7 Å². The van der Waals surface area contributed by atoms with Gasteiger partial charge in [-0.25, -0.2) is 4.79 Å². The molecule has 10 heteroatoms. The summed E-state index contributed by atoms with van der Waals surface area (Å²) < 4.78 is 6.54. The van der Waals surface area contributed by atoms with E-state index in [1.165, 1.54) is 17.7 Å². The van der Waals surface area contributed by atoms with Gasteiger partial charge in [0.2, 0.25) is 0 Å². The van der Waals surface area contributed by atoms with E-state index in [-0.39, 0.29) is 29.6 Å². The van der Waals surface area contributed by atoms with Crippen molar-refractivity contribution < 1.29 is 54.1 Å². The topological polar surface area (TPSA) is 133 Å². The van der Waals surface area contributed by atoms with Gasteiger partial charge in [-0.3, -0.25) is 9.59 Å². The number of methoxy groups -OCH3 is 1. The third kappa shape index (κ3) is 6.66. The molecule has 178 valence electrons. The average Bonchev–Trinajstić information content (AvgIpc) is 2.80. The summed E-state index contributed by atoms with van der Waals surface area (Å²) in [6.07, 6.45) is -0.399. The molecule has 9 nitrogen and oxygen atoms in total. The summed E-state index contributed by atoms with van der Waals surface area (Å²) in [4.78, 5) is 36.6. The van der Waals surface area contributed by atoms with E-state index in [0.29, 0.717) is 17.0 Å². The zero-order valence-corrected chi connectivity index (χ0v) is 22.3. The van der Waals surface area contributed by atoms with Gasteiger partial charge in [0.25, 0.3) is 5.56 Å². The quantitative estimate of drug-likeness (QED) is 0.405. The van der Waals surface area contributed by atoms with Crippen LogP contribution in [0.2, 0.25) is 0 Å². The minimum absolute atomic E-state index is 0. The normalized spacial score (nSPS) is 11.2. The number of aromatic nitrogens is 1. The second-order valence-electron chi connectivity index (χ2n) is 7.94. The summed E-state index contributed by atoms with van der Waals surface area (Å²) >= 11 is 0. The molecule has 2 amide bonds. The molecule has 0 fully saturated rings. The summed E-state index contributed by atoms with van der Waals surface area (Å²) in [6.45, 7) is 3.53. The number of nitrogens with one attached hydrogen (secondary N) is 2. The van der Waals surface area contributed by atoms with Crippen molar-refractivity contribution in [3.63, 3.8) is 0 Å². The number of aliphatic carboxylic acids is 1. The van der Waals surface area contributed by atoms with Crippen LogP contribution in [0.4, 0.5) is 10.5 Å². The van der Waals surface area contributed by atoms with Crippen LogP contribution in [0.25, 0.3) is 11.1 Å². The summed E-state index contributed by atoms with van der Waals surface area (Å²) in [5.41, 5.74) is 2.63. The van der Waals surface area contributed by atoms with Crippen LogP contribution in [0.15, 0.2) is 53.3 Å². The molecule has 0 aliphatic rings. The minimum Gasteiger partial charge on any atom is -0.871 e. The minimum atomic E-state index is -1.12. The largest absolute Gasteiger partial charge is 1.00 e. The van der Waals surface area contributed by atoms with Crippen LogP contribution in [0.3, 0.4) is 0 Å². The smallest absolute Gasteiger partial charge is 0.871 e. The molecular formula is C25H26N3NaO6.